The Balaban J connectivity index is 1.35. The van der Waals surface area contributed by atoms with Crippen molar-refractivity contribution in [3.05, 3.63) is 71.8 Å². The Kier molecular flexibility index (Phi) is 7.41. The van der Waals surface area contributed by atoms with Gasteiger partial charge in [0.1, 0.15) is 11.4 Å². The molecule has 9 nitrogen and oxygen atoms in total. The Hall–Kier alpha value is -3.59. The van der Waals surface area contributed by atoms with Gasteiger partial charge in [-0.3, -0.25) is 14.5 Å². The normalized spacial score (nSPS) is 10.9. The van der Waals surface area contributed by atoms with Crippen LogP contribution in [0.2, 0.25) is 0 Å². The molecule has 29 heavy (non-hydrogen) atoms. The topological polar surface area (TPSA) is 115 Å². The molecular formula is C20H22N6O3. The Morgan fingerprint density at radius 3 is 2.69 bits per heavy atom. The molecule has 0 saturated heterocycles. The number of aromatic nitrogens is 4. The molecule has 1 amide bonds. The summed E-state index contributed by atoms with van der Waals surface area (Å²) in [5.74, 6) is 0.480. The molecule has 0 unspecified atom stereocenters. The molecule has 0 spiro atoms. The number of nitrogens with zero attached hydrogens (tertiary/aromatic N) is 5. The van der Waals surface area contributed by atoms with E-state index in [0.29, 0.717) is 17.9 Å². The second-order valence-electron chi connectivity index (χ2n) is 6.19. The van der Waals surface area contributed by atoms with Gasteiger partial charge in [0.25, 0.3) is 5.91 Å². The number of benzene rings is 1. The third-order valence-corrected chi connectivity index (χ3v) is 4.00. The van der Waals surface area contributed by atoms with E-state index in [2.05, 4.69) is 25.8 Å². The highest BCUT2D eigenvalue weighted by atomic mass is 16.5. The lowest BCUT2D eigenvalue weighted by molar-refractivity contribution is 0.0955. The molecule has 0 bridgehead atoms. The molecule has 150 valence electrons. The van der Waals surface area contributed by atoms with Gasteiger partial charge in [-0.05, 0) is 54.8 Å². The standard InChI is InChI=1S/C20H22N6O3/c27-15-18-14-26(25-23-18)11-1-2-12-29-19-5-3-16(4-6-19)13-22-24-20(28)17-7-9-21-10-8-17/h3-10,13-14,27H,1-2,11-12,15H2,(H,24,28)/b22-13+. The molecule has 2 aromatic heterocycles. The van der Waals surface area contributed by atoms with Gasteiger partial charge < -0.3 is 9.84 Å². The molecule has 9 heteroatoms. The first-order valence-corrected chi connectivity index (χ1v) is 9.21. The zero-order chi connectivity index (χ0) is 20.3. The van der Waals surface area contributed by atoms with Crippen LogP contribution in [0, 0.1) is 0 Å². The molecule has 0 aliphatic heterocycles. The van der Waals surface area contributed by atoms with Gasteiger partial charge in [0.2, 0.25) is 0 Å². The number of aryl methyl sites for hydroxylation is 1. The second kappa shape index (κ2) is 10.7. The third-order valence-electron chi connectivity index (χ3n) is 4.00. The van der Waals surface area contributed by atoms with Gasteiger partial charge in [0.05, 0.1) is 25.6 Å². The van der Waals surface area contributed by atoms with E-state index in [1.807, 2.05) is 24.3 Å². The van der Waals surface area contributed by atoms with Crippen LogP contribution in [0.5, 0.6) is 5.75 Å². The lowest BCUT2D eigenvalue weighted by atomic mass is 10.2. The summed E-state index contributed by atoms with van der Waals surface area (Å²) in [6.07, 6.45) is 8.19. The molecule has 0 saturated carbocycles. The summed E-state index contributed by atoms with van der Waals surface area (Å²) >= 11 is 0. The van der Waals surface area contributed by atoms with Gasteiger partial charge in [-0.1, -0.05) is 5.21 Å². The Morgan fingerprint density at radius 1 is 1.17 bits per heavy atom. The average Bonchev–Trinajstić information content (AvgIpc) is 3.23. The van der Waals surface area contributed by atoms with Crippen molar-refractivity contribution in [2.45, 2.75) is 26.0 Å². The molecule has 0 aliphatic carbocycles. The number of hydrogen-bond acceptors (Lipinski definition) is 7. The predicted octanol–water partition coefficient (Wildman–Crippen LogP) is 1.79. The van der Waals surface area contributed by atoms with Crippen molar-refractivity contribution < 1.29 is 14.6 Å². The number of ether oxygens (including phenoxy) is 1. The fraction of sp³-hybridized carbons (Fsp3) is 0.250. The summed E-state index contributed by atoms with van der Waals surface area (Å²) in [4.78, 5) is 15.7. The summed E-state index contributed by atoms with van der Waals surface area (Å²) in [6, 6.07) is 10.7. The fourth-order valence-electron chi connectivity index (χ4n) is 2.47. The molecule has 0 atom stereocenters. The predicted molar refractivity (Wildman–Crippen MR) is 106 cm³/mol. The van der Waals surface area contributed by atoms with Crippen LogP contribution in [-0.2, 0) is 13.2 Å². The molecule has 0 aliphatic rings. The van der Waals surface area contributed by atoms with Crippen molar-refractivity contribution in [1.29, 1.82) is 0 Å². The Labute approximate surface area is 168 Å². The molecule has 2 heterocycles. The Bertz CT molecular complexity index is 925. The summed E-state index contributed by atoms with van der Waals surface area (Å²) < 4.78 is 7.44. The number of carbonyl (C=O) groups is 1. The van der Waals surface area contributed by atoms with Crippen molar-refractivity contribution in [2.75, 3.05) is 6.61 Å². The molecule has 3 aromatic rings. The summed E-state index contributed by atoms with van der Waals surface area (Å²) in [7, 11) is 0. The second-order valence-corrected chi connectivity index (χ2v) is 6.19. The Morgan fingerprint density at radius 2 is 1.97 bits per heavy atom. The minimum absolute atomic E-state index is 0.0963. The van der Waals surface area contributed by atoms with Crippen molar-refractivity contribution in [3.8, 4) is 5.75 Å². The highest BCUT2D eigenvalue weighted by Crippen LogP contribution is 2.12. The number of pyridine rings is 1. The van der Waals surface area contributed by atoms with Gasteiger partial charge in [0, 0.05) is 24.5 Å². The van der Waals surface area contributed by atoms with Crippen LogP contribution in [0.4, 0.5) is 0 Å². The number of unbranched alkanes of at least 4 members (excludes halogenated alkanes) is 1. The van der Waals surface area contributed by atoms with E-state index in [-0.39, 0.29) is 12.5 Å². The van der Waals surface area contributed by atoms with E-state index in [1.54, 1.807) is 41.6 Å². The van der Waals surface area contributed by atoms with Crippen LogP contribution < -0.4 is 10.2 Å². The summed E-state index contributed by atoms with van der Waals surface area (Å²) in [6.45, 7) is 1.23. The number of carbonyl (C=O) groups excluding carboxylic acids is 1. The van der Waals surface area contributed by atoms with E-state index in [1.165, 1.54) is 0 Å². The van der Waals surface area contributed by atoms with E-state index in [0.717, 1.165) is 30.7 Å². The first-order chi connectivity index (χ1) is 14.2. The molecule has 1 aromatic carbocycles. The van der Waals surface area contributed by atoms with Crippen LogP contribution in [0.1, 0.15) is 34.5 Å². The van der Waals surface area contributed by atoms with Crippen molar-refractivity contribution >= 4 is 12.1 Å². The SMILES string of the molecule is O=C(N/N=C/c1ccc(OCCCCn2cc(CO)nn2)cc1)c1ccncc1. The average molecular weight is 394 g/mol. The maximum Gasteiger partial charge on any atom is 0.271 e. The molecule has 0 radical (unpaired) electrons. The molecular weight excluding hydrogens is 372 g/mol. The van der Waals surface area contributed by atoms with Crippen LogP contribution in [0.25, 0.3) is 0 Å². The van der Waals surface area contributed by atoms with Crippen molar-refractivity contribution in [3.63, 3.8) is 0 Å². The summed E-state index contributed by atoms with van der Waals surface area (Å²) in [5, 5.41) is 20.7. The zero-order valence-corrected chi connectivity index (χ0v) is 15.8. The van der Waals surface area contributed by atoms with E-state index in [9.17, 15) is 4.79 Å². The zero-order valence-electron chi connectivity index (χ0n) is 15.8. The number of rotatable bonds is 10. The maximum atomic E-state index is 11.9. The monoisotopic (exact) mass is 394 g/mol. The third kappa shape index (κ3) is 6.51. The smallest absolute Gasteiger partial charge is 0.271 e. The first kappa shape index (κ1) is 20.2. The highest BCUT2D eigenvalue weighted by Gasteiger charge is 2.02. The molecule has 0 fully saturated rings. The van der Waals surface area contributed by atoms with Gasteiger partial charge in [-0.15, -0.1) is 5.10 Å². The number of amides is 1. The maximum absolute atomic E-state index is 11.9. The number of aliphatic hydroxyl groups excluding tert-OH is 1. The minimum atomic E-state index is -0.290. The lowest BCUT2D eigenvalue weighted by Crippen LogP contribution is -2.17. The fourth-order valence-corrected chi connectivity index (χ4v) is 2.47. The largest absolute Gasteiger partial charge is 0.494 e. The number of nitrogens with one attached hydrogen (secondary N) is 1. The lowest BCUT2D eigenvalue weighted by Gasteiger charge is -2.06. The van der Waals surface area contributed by atoms with Crippen molar-refractivity contribution in [2.24, 2.45) is 5.10 Å². The quantitative estimate of drug-likeness (QED) is 0.308. The number of hydrazone groups is 1. The molecule has 3 rings (SSSR count). The van der Waals surface area contributed by atoms with Crippen molar-refractivity contribution in [1.82, 2.24) is 25.4 Å². The minimum Gasteiger partial charge on any atom is -0.494 e. The summed E-state index contributed by atoms with van der Waals surface area (Å²) in [5.41, 5.74) is 4.39. The highest BCUT2D eigenvalue weighted by molar-refractivity contribution is 5.94. The van der Waals surface area contributed by atoms with Gasteiger partial charge in [0.15, 0.2) is 0 Å². The van der Waals surface area contributed by atoms with Gasteiger partial charge in [-0.2, -0.15) is 5.10 Å². The molecule has 2 N–H and O–H groups in total. The van der Waals surface area contributed by atoms with Crippen LogP contribution in [0.3, 0.4) is 0 Å². The van der Waals surface area contributed by atoms with E-state index in [4.69, 9.17) is 9.84 Å². The van der Waals surface area contributed by atoms with Crippen LogP contribution >= 0.6 is 0 Å². The van der Waals surface area contributed by atoms with Gasteiger partial charge in [-0.25, -0.2) is 5.43 Å². The number of aliphatic hydroxyl groups is 1. The van der Waals surface area contributed by atoms with Gasteiger partial charge >= 0.3 is 0 Å². The van der Waals surface area contributed by atoms with E-state index >= 15 is 0 Å². The van der Waals surface area contributed by atoms with Crippen LogP contribution in [-0.4, -0.2) is 43.8 Å². The van der Waals surface area contributed by atoms with Crippen LogP contribution in [0.15, 0.2) is 60.1 Å². The number of hydrogen-bond donors (Lipinski definition) is 2. The first-order valence-electron chi connectivity index (χ1n) is 9.21. The van der Waals surface area contributed by atoms with E-state index < -0.39 is 0 Å².